The molecule has 39 heavy (non-hydrogen) atoms. The van der Waals surface area contributed by atoms with E-state index in [4.69, 9.17) is 9.47 Å². The Morgan fingerprint density at radius 1 is 0.744 bits per heavy atom. The molecule has 0 saturated heterocycles. The van der Waals surface area contributed by atoms with Crippen molar-refractivity contribution in [3.8, 4) is 0 Å². The summed E-state index contributed by atoms with van der Waals surface area (Å²) in [7, 11) is 0. The third-order valence-corrected chi connectivity index (χ3v) is 9.66. The van der Waals surface area contributed by atoms with Gasteiger partial charge in [0.2, 0.25) is 0 Å². The molecule has 5 heteroatoms. The minimum absolute atomic E-state index is 0.0478. The molecule has 2 saturated carbocycles. The number of aliphatic hydroxyl groups is 1. The molecule has 1 N–H and O–H groups in total. The quantitative estimate of drug-likeness (QED) is 0.106. The topological polar surface area (TPSA) is 72.8 Å². The Morgan fingerprint density at radius 2 is 1.26 bits per heavy atom. The van der Waals surface area contributed by atoms with Crippen molar-refractivity contribution in [2.24, 2.45) is 29.1 Å². The van der Waals surface area contributed by atoms with Crippen LogP contribution in [0.1, 0.15) is 130 Å². The molecule has 0 bridgehead atoms. The summed E-state index contributed by atoms with van der Waals surface area (Å²) in [6.07, 6.45) is 21.3. The van der Waals surface area contributed by atoms with Crippen molar-refractivity contribution in [2.45, 2.75) is 130 Å². The second-order valence-electron chi connectivity index (χ2n) is 12.9. The van der Waals surface area contributed by atoms with E-state index in [1.165, 1.54) is 77.0 Å². The van der Waals surface area contributed by atoms with Gasteiger partial charge in [0.15, 0.2) is 0 Å². The molecule has 0 spiro atoms. The maximum atomic E-state index is 12.3. The first kappa shape index (κ1) is 33.6. The molecule has 224 valence electrons. The van der Waals surface area contributed by atoms with Gasteiger partial charge in [0.05, 0.1) is 12.2 Å². The monoisotopic (exact) mass is 546 g/mol. The normalized spacial score (nSPS) is 24.9. The number of carbonyl (C=O) groups excluding carboxylic acids is 2. The lowest BCUT2D eigenvalue weighted by Gasteiger charge is -2.39. The molecule has 0 aliphatic heterocycles. The maximum Gasteiger partial charge on any atom is 0.335 e. The molecule has 2 aliphatic rings. The Balaban J connectivity index is 1.92. The van der Waals surface area contributed by atoms with E-state index in [9.17, 15) is 14.7 Å². The average molecular weight is 547 g/mol. The van der Waals surface area contributed by atoms with Gasteiger partial charge in [-0.1, -0.05) is 91.2 Å². The molecular formula is C34H58O5. The predicted octanol–water partition coefficient (Wildman–Crippen LogP) is 8.35. The standard InChI is InChI=1S/C34H58O5/c1-6-8-10-11-28-12-16-30(17-13-28)31-18-14-29(15-19-31)20-22-34(21-9-7-2,24-38-32(36)26(3)4)25-39-33(37)27(5)23-35/h28-31,35H,3,5-25H2,1-2,4H3. The van der Waals surface area contributed by atoms with Crippen LogP contribution in [0.15, 0.2) is 24.3 Å². The van der Waals surface area contributed by atoms with Crippen LogP contribution < -0.4 is 0 Å². The molecule has 2 rings (SSSR count). The summed E-state index contributed by atoms with van der Waals surface area (Å²) in [4.78, 5) is 24.6. The van der Waals surface area contributed by atoms with Crippen molar-refractivity contribution in [3.63, 3.8) is 0 Å². The number of hydrogen-bond donors (Lipinski definition) is 1. The summed E-state index contributed by atoms with van der Waals surface area (Å²) in [6.45, 7) is 13.4. The Kier molecular flexibility index (Phi) is 15.5. The lowest BCUT2D eigenvalue weighted by Crippen LogP contribution is -2.36. The van der Waals surface area contributed by atoms with Crippen molar-refractivity contribution in [2.75, 3.05) is 19.8 Å². The number of aliphatic hydroxyl groups excluding tert-OH is 1. The predicted molar refractivity (Wildman–Crippen MR) is 159 cm³/mol. The van der Waals surface area contributed by atoms with E-state index in [1.807, 2.05) is 0 Å². The van der Waals surface area contributed by atoms with Gasteiger partial charge in [0.25, 0.3) is 0 Å². The molecular weight excluding hydrogens is 488 g/mol. The summed E-state index contributed by atoms with van der Waals surface area (Å²) in [5.41, 5.74) is -0.00974. The smallest absolute Gasteiger partial charge is 0.335 e. The van der Waals surface area contributed by atoms with Gasteiger partial charge in [-0.05, 0) is 75.5 Å². The average Bonchev–Trinajstić information content (AvgIpc) is 2.96. The van der Waals surface area contributed by atoms with Crippen LogP contribution in [-0.4, -0.2) is 36.9 Å². The molecule has 0 heterocycles. The molecule has 2 aliphatic carbocycles. The first-order valence-electron chi connectivity index (χ1n) is 16.0. The molecule has 0 aromatic heterocycles. The second kappa shape index (κ2) is 17.9. The number of carbonyl (C=O) groups is 2. The van der Waals surface area contributed by atoms with Gasteiger partial charge in [-0.25, -0.2) is 9.59 Å². The van der Waals surface area contributed by atoms with E-state index in [0.717, 1.165) is 49.9 Å². The van der Waals surface area contributed by atoms with E-state index in [2.05, 4.69) is 27.0 Å². The van der Waals surface area contributed by atoms with Gasteiger partial charge in [-0.3, -0.25) is 0 Å². The van der Waals surface area contributed by atoms with Crippen molar-refractivity contribution in [1.29, 1.82) is 0 Å². The van der Waals surface area contributed by atoms with Crippen LogP contribution in [-0.2, 0) is 19.1 Å². The number of esters is 2. The van der Waals surface area contributed by atoms with Gasteiger partial charge >= 0.3 is 11.9 Å². The number of unbranched alkanes of at least 4 members (excludes halogenated alkanes) is 3. The SMILES string of the molecule is C=C(C)C(=O)OCC(CCCC)(CCC1CCC(C2CCC(CCCCC)CC2)CC1)COC(=O)C(=C)CO. The number of ether oxygens (including phenoxy) is 2. The fourth-order valence-electron chi connectivity index (χ4n) is 6.82. The van der Waals surface area contributed by atoms with Crippen LogP contribution >= 0.6 is 0 Å². The number of rotatable bonds is 18. The third kappa shape index (κ3) is 11.8. The highest BCUT2D eigenvalue weighted by Crippen LogP contribution is 2.44. The fraction of sp³-hybridized carbons (Fsp3) is 0.824. The maximum absolute atomic E-state index is 12.3. The summed E-state index contributed by atoms with van der Waals surface area (Å²) < 4.78 is 11.3. The lowest BCUT2D eigenvalue weighted by atomic mass is 9.67. The first-order chi connectivity index (χ1) is 18.7. The van der Waals surface area contributed by atoms with Crippen LogP contribution in [0.4, 0.5) is 0 Å². The Morgan fingerprint density at radius 3 is 1.74 bits per heavy atom. The van der Waals surface area contributed by atoms with Crippen LogP contribution in [0.25, 0.3) is 0 Å². The van der Waals surface area contributed by atoms with Crippen molar-refractivity contribution in [1.82, 2.24) is 0 Å². The van der Waals surface area contributed by atoms with E-state index in [1.54, 1.807) is 6.92 Å². The van der Waals surface area contributed by atoms with Crippen LogP contribution in [0.5, 0.6) is 0 Å². The highest BCUT2D eigenvalue weighted by atomic mass is 16.5. The van der Waals surface area contributed by atoms with Gasteiger partial charge < -0.3 is 14.6 Å². The molecule has 1 atom stereocenters. The van der Waals surface area contributed by atoms with E-state index < -0.39 is 24.0 Å². The zero-order valence-electron chi connectivity index (χ0n) is 25.4. The van der Waals surface area contributed by atoms with E-state index in [-0.39, 0.29) is 18.8 Å². The molecule has 2 fully saturated rings. The van der Waals surface area contributed by atoms with E-state index >= 15 is 0 Å². The highest BCUT2D eigenvalue weighted by Gasteiger charge is 2.36. The zero-order chi connectivity index (χ0) is 28.7. The molecule has 0 aromatic rings. The summed E-state index contributed by atoms with van der Waals surface area (Å²) in [5.74, 6) is 2.49. The van der Waals surface area contributed by atoms with Gasteiger partial charge in [-0.2, -0.15) is 0 Å². The summed E-state index contributed by atoms with van der Waals surface area (Å²) >= 11 is 0. The first-order valence-corrected chi connectivity index (χ1v) is 16.0. The molecule has 0 radical (unpaired) electrons. The van der Waals surface area contributed by atoms with Gasteiger partial charge in [-0.15, -0.1) is 0 Å². The lowest BCUT2D eigenvalue weighted by molar-refractivity contribution is -0.150. The van der Waals surface area contributed by atoms with Crippen molar-refractivity contribution >= 4 is 11.9 Å². The number of hydrogen-bond acceptors (Lipinski definition) is 5. The van der Waals surface area contributed by atoms with Gasteiger partial charge in [0.1, 0.15) is 13.2 Å². The Hall–Kier alpha value is -1.62. The van der Waals surface area contributed by atoms with Crippen LogP contribution in [0.2, 0.25) is 0 Å². The molecule has 0 aromatic carbocycles. The molecule has 0 amide bonds. The minimum Gasteiger partial charge on any atom is -0.462 e. The Labute approximate surface area is 239 Å². The zero-order valence-corrected chi connectivity index (χ0v) is 25.4. The fourth-order valence-corrected chi connectivity index (χ4v) is 6.82. The van der Waals surface area contributed by atoms with Crippen LogP contribution in [0.3, 0.4) is 0 Å². The summed E-state index contributed by atoms with van der Waals surface area (Å²) in [6, 6.07) is 0. The van der Waals surface area contributed by atoms with Gasteiger partial charge in [0, 0.05) is 11.0 Å². The van der Waals surface area contributed by atoms with Crippen molar-refractivity contribution in [3.05, 3.63) is 24.3 Å². The highest BCUT2D eigenvalue weighted by molar-refractivity contribution is 5.88. The second-order valence-corrected chi connectivity index (χ2v) is 12.9. The molecule has 1 unspecified atom stereocenters. The Bertz CT molecular complexity index is 758. The third-order valence-electron chi connectivity index (χ3n) is 9.66. The largest absolute Gasteiger partial charge is 0.462 e. The molecule has 5 nitrogen and oxygen atoms in total. The minimum atomic E-state index is -0.579. The van der Waals surface area contributed by atoms with E-state index in [0.29, 0.717) is 11.5 Å². The summed E-state index contributed by atoms with van der Waals surface area (Å²) in [5, 5.41) is 9.28. The van der Waals surface area contributed by atoms with Crippen LogP contribution in [0, 0.1) is 29.1 Å². The van der Waals surface area contributed by atoms with Crippen molar-refractivity contribution < 1.29 is 24.2 Å².